The van der Waals surface area contributed by atoms with Gasteiger partial charge in [-0.3, -0.25) is 4.79 Å². The number of benzene rings is 2. The number of hydrogen-bond donors (Lipinski definition) is 1. The summed E-state index contributed by atoms with van der Waals surface area (Å²) in [6, 6.07) is 10.9. The Morgan fingerprint density at radius 2 is 1.80 bits per heavy atom. The zero-order valence-corrected chi connectivity index (χ0v) is 23.0. The van der Waals surface area contributed by atoms with E-state index in [4.69, 9.17) is 23.7 Å². The molecule has 0 spiro atoms. The summed E-state index contributed by atoms with van der Waals surface area (Å²) in [5, 5.41) is 2.96. The van der Waals surface area contributed by atoms with Gasteiger partial charge < -0.3 is 29.0 Å². The summed E-state index contributed by atoms with van der Waals surface area (Å²) in [5.41, 5.74) is -1.38. The van der Waals surface area contributed by atoms with Crippen molar-refractivity contribution in [2.24, 2.45) is 0 Å². The minimum atomic E-state index is -4.44. The molecule has 7 nitrogen and oxygen atoms in total. The Kier molecular flexibility index (Phi) is 8.73. The number of halogens is 4. The molecular formula is C30H35F4NO6. The van der Waals surface area contributed by atoms with Crippen LogP contribution in [0.4, 0.5) is 17.6 Å². The lowest BCUT2D eigenvalue weighted by molar-refractivity contribution is -0.184. The van der Waals surface area contributed by atoms with Crippen LogP contribution < -0.4 is 5.32 Å². The summed E-state index contributed by atoms with van der Waals surface area (Å²) in [5.74, 6) is -1.80. The zero-order chi connectivity index (χ0) is 29.3. The number of rotatable bonds is 9. The minimum absolute atomic E-state index is 0.0171. The summed E-state index contributed by atoms with van der Waals surface area (Å²) in [6.45, 7) is 4.29. The van der Waals surface area contributed by atoms with Crippen LogP contribution >= 0.6 is 0 Å². The fourth-order valence-corrected chi connectivity index (χ4v) is 5.71. The van der Waals surface area contributed by atoms with Crippen LogP contribution in [0, 0.1) is 5.82 Å². The highest BCUT2D eigenvalue weighted by Crippen LogP contribution is 2.44. The third-order valence-corrected chi connectivity index (χ3v) is 7.79. The fraction of sp³-hybridized carbons (Fsp3) is 0.567. The van der Waals surface area contributed by atoms with Crippen molar-refractivity contribution in [3.63, 3.8) is 0 Å². The molecule has 2 saturated heterocycles. The highest BCUT2D eigenvalue weighted by atomic mass is 19.4. The van der Waals surface area contributed by atoms with Gasteiger partial charge in [0.25, 0.3) is 5.91 Å². The maximum absolute atomic E-state index is 14.5. The Balaban J connectivity index is 1.38. The third kappa shape index (κ3) is 7.09. The molecule has 2 aromatic carbocycles. The summed E-state index contributed by atoms with van der Waals surface area (Å²) < 4.78 is 84.0. The molecule has 0 radical (unpaired) electrons. The van der Waals surface area contributed by atoms with Gasteiger partial charge in [0.05, 0.1) is 37.1 Å². The van der Waals surface area contributed by atoms with E-state index in [1.54, 1.807) is 32.0 Å². The van der Waals surface area contributed by atoms with Crippen LogP contribution in [0.1, 0.15) is 56.2 Å². The van der Waals surface area contributed by atoms with Crippen LogP contribution in [0.5, 0.6) is 0 Å². The molecule has 0 aromatic heterocycles. The number of amides is 1. The van der Waals surface area contributed by atoms with E-state index < -0.39 is 47.3 Å². The highest BCUT2D eigenvalue weighted by molar-refractivity contribution is 5.85. The molecule has 1 amide bonds. The van der Waals surface area contributed by atoms with Crippen molar-refractivity contribution in [3.8, 4) is 0 Å². The van der Waals surface area contributed by atoms with E-state index in [0.29, 0.717) is 24.3 Å². The van der Waals surface area contributed by atoms with Crippen molar-refractivity contribution in [3.05, 3.63) is 71.0 Å². The third-order valence-electron chi connectivity index (χ3n) is 7.79. The molecule has 224 valence electrons. The van der Waals surface area contributed by atoms with Gasteiger partial charge in [-0.2, -0.15) is 13.2 Å². The maximum atomic E-state index is 14.5. The predicted octanol–water partition coefficient (Wildman–Crippen LogP) is 5.29. The smallest absolute Gasteiger partial charge is 0.376 e. The summed E-state index contributed by atoms with van der Waals surface area (Å²) in [4.78, 5) is 13.8. The molecule has 41 heavy (non-hydrogen) atoms. The highest BCUT2D eigenvalue weighted by Gasteiger charge is 2.58. The largest absolute Gasteiger partial charge is 0.416 e. The lowest BCUT2D eigenvalue weighted by Gasteiger charge is -2.43. The number of nitrogens with one attached hydrogen (secondary N) is 1. The molecule has 3 aliphatic rings. The van der Waals surface area contributed by atoms with E-state index in [-0.39, 0.29) is 38.1 Å². The Morgan fingerprint density at radius 1 is 1.05 bits per heavy atom. The second kappa shape index (κ2) is 12.0. The van der Waals surface area contributed by atoms with Crippen molar-refractivity contribution >= 4 is 5.91 Å². The van der Waals surface area contributed by atoms with Crippen molar-refractivity contribution in [1.29, 1.82) is 0 Å². The number of ether oxygens (including phenoxy) is 5. The summed E-state index contributed by atoms with van der Waals surface area (Å²) >= 11 is 0. The molecule has 1 aliphatic carbocycles. The van der Waals surface area contributed by atoms with Gasteiger partial charge in [-0.05, 0) is 50.5 Å². The van der Waals surface area contributed by atoms with E-state index in [1.807, 2.05) is 0 Å². The summed E-state index contributed by atoms with van der Waals surface area (Å²) in [7, 11) is 0. The molecule has 0 unspecified atom stereocenters. The van der Waals surface area contributed by atoms with Gasteiger partial charge in [-0.1, -0.05) is 30.3 Å². The first-order chi connectivity index (χ1) is 19.4. The van der Waals surface area contributed by atoms with Crippen LogP contribution in [0.25, 0.3) is 0 Å². The molecule has 2 aliphatic heterocycles. The van der Waals surface area contributed by atoms with Crippen LogP contribution in [0.2, 0.25) is 0 Å². The zero-order valence-electron chi connectivity index (χ0n) is 23.0. The molecule has 5 rings (SSSR count). The van der Waals surface area contributed by atoms with E-state index in [1.165, 1.54) is 18.2 Å². The monoisotopic (exact) mass is 581 g/mol. The minimum Gasteiger partial charge on any atom is -0.376 e. The standard InChI is InChI=1S/C30H35F4NO6/c1-28(2)40-25-15-29(27(36)35-16-22-7-5-13-37-22,39-18-20-6-3-4-8-23(20)31)14-24(26(25)41-28)38-17-19-9-11-21(12-10-19)30(32,33)34/h3-4,6,8-12,22,24-26H,5,7,13-18H2,1-2H3,(H,35,36)/t22-,24-,25-,26+,29-/m1/s1. The molecular weight excluding hydrogens is 546 g/mol. The van der Waals surface area contributed by atoms with Crippen LogP contribution in [-0.2, 0) is 47.9 Å². The Morgan fingerprint density at radius 3 is 2.49 bits per heavy atom. The lowest BCUT2D eigenvalue weighted by Crippen LogP contribution is -2.60. The van der Waals surface area contributed by atoms with Crippen molar-refractivity contribution in [2.75, 3.05) is 13.2 Å². The molecule has 5 atom stereocenters. The van der Waals surface area contributed by atoms with Crippen molar-refractivity contribution in [1.82, 2.24) is 5.32 Å². The first-order valence-electron chi connectivity index (χ1n) is 13.8. The van der Waals surface area contributed by atoms with Crippen molar-refractivity contribution < 1.29 is 46.0 Å². The van der Waals surface area contributed by atoms with Gasteiger partial charge >= 0.3 is 6.18 Å². The molecule has 1 saturated carbocycles. The average molecular weight is 582 g/mol. The number of hydrogen-bond acceptors (Lipinski definition) is 6. The van der Waals surface area contributed by atoms with Gasteiger partial charge in [-0.25, -0.2) is 4.39 Å². The van der Waals surface area contributed by atoms with Crippen LogP contribution in [0.15, 0.2) is 48.5 Å². The fourth-order valence-electron chi connectivity index (χ4n) is 5.71. The number of carbonyl (C=O) groups is 1. The summed E-state index contributed by atoms with van der Waals surface area (Å²) in [6.07, 6.45) is -4.41. The average Bonchev–Trinajstić information content (AvgIpc) is 3.56. The lowest BCUT2D eigenvalue weighted by atomic mass is 9.78. The van der Waals surface area contributed by atoms with E-state index in [9.17, 15) is 22.4 Å². The van der Waals surface area contributed by atoms with Gasteiger partial charge in [0, 0.05) is 31.6 Å². The number of alkyl halides is 3. The van der Waals surface area contributed by atoms with Gasteiger partial charge in [0.1, 0.15) is 11.9 Å². The van der Waals surface area contributed by atoms with E-state index >= 15 is 0 Å². The van der Waals surface area contributed by atoms with Gasteiger partial charge in [-0.15, -0.1) is 0 Å². The topological polar surface area (TPSA) is 75.3 Å². The van der Waals surface area contributed by atoms with Crippen LogP contribution in [0.3, 0.4) is 0 Å². The first kappa shape index (κ1) is 29.9. The number of carbonyl (C=O) groups excluding carboxylic acids is 1. The quantitative estimate of drug-likeness (QED) is 0.406. The van der Waals surface area contributed by atoms with Crippen LogP contribution in [-0.4, -0.2) is 54.9 Å². The molecule has 0 bridgehead atoms. The predicted molar refractivity (Wildman–Crippen MR) is 139 cm³/mol. The molecule has 1 N–H and O–H groups in total. The molecule has 2 aromatic rings. The van der Waals surface area contributed by atoms with Crippen molar-refractivity contribution in [2.45, 2.75) is 94.7 Å². The van der Waals surface area contributed by atoms with Gasteiger partial charge in [0.15, 0.2) is 11.4 Å². The Hall–Kier alpha value is -2.57. The van der Waals surface area contributed by atoms with E-state index in [0.717, 1.165) is 25.0 Å². The Bertz CT molecular complexity index is 1200. The second-order valence-electron chi connectivity index (χ2n) is 11.3. The first-order valence-corrected chi connectivity index (χ1v) is 13.8. The molecule has 2 heterocycles. The molecule has 3 fully saturated rings. The van der Waals surface area contributed by atoms with Gasteiger partial charge in [0.2, 0.25) is 0 Å². The normalized spacial score (nSPS) is 29.3. The second-order valence-corrected chi connectivity index (χ2v) is 11.3. The SMILES string of the molecule is CC1(C)O[C@H]2[C@H](OCc3ccc(C(F)(F)F)cc3)C[C@](OCc3ccccc3F)(C(=O)NC[C@H]3CCCO3)C[C@H]2O1. The Labute approximate surface area is 236 Å². The number of fused-ring (bicyclic) bond motifs is 1. The molecule has 11 heteroatoms. The maximum Gasteiger partial charge on any atom is 0.416 e. The van der Waals surface area contributed by atoms with E-state index in [2.05, 4.69) is 5.32 Å².